The van der Waals surface area contributed by atoms with Crippen LogP contribution in [-0.2, 0) is 16.1 Å². The van der Waals surface area contributed by atoms with Gasteiger partial charge in [-0.15, -0.1) is 0 Å². The van der Waals surface area contributed by atoms with Crippen LogP contribution < -0.4 is 15.5 Å². The maximum atomic E-state index is 11.9. The van der Waals surface area contributed by atoms with Gasteiger partial charge in [-0.1, -0.05) is 42.5 Å². The number of carbonyl (C=O) groups excluding carboxylic acids is 2. The lowest BCUT2D eigenvalue weighted by Crippen LogP contribution is -3.08. The van der Waals surface area contributed by atoms with Crippen LogP contribution in [-0.4, -0.2) is 32.0 Å². The maximum Gasteiger partial charge on any atom is 0.275 e. The molecule has 2 aromatic rings. The van der Waals surface area contributed by atoms with E-state index >= 15 is 0 Å². The first-order valence-electron chi connectivity index (χ1n) is 7.71. The molecule has 2 aromatic carbocycles. The summed E-state index contributed by atoms with van der Waals surface area (Å²) < 4.78 is 0.803. The third-order valence-corrected chi connectivity index (χ3v) is 4.10. The van der Waals surface area contributed by atoms with Crippen molar-refractivity contribution in [1.29, 1.82) is 0 Å². The minimum atomic E-state index is -0.254. The second kappa shape index (κ2) is 9.20. The van der Waals surface area contributed by atoms with Crippen LogP contribution in [0.3, 0.4) is 0 Å². The molecule has 0 aromatic heterocycles. The van der Waals surface area contributed by atoms with E-state index in [4.69, 9.17) is 0 Å². The number of likely N-dealkylation sites (N-methyl/N-ethyl adjacent to an activating group) is 1. The predicted octanol–water partition coefficient (Wildman–Crippen LogP) is 1.22. The molecule has 6 heteroatoms. The average Bonchev–Trinajstić information content (AvgIpc) is 2.56. The summed E-state index contributed by atoms with van der Waals surface area (Å²) in [5, 5.41) is 5.40. The zero-order chi connectivity index (χ0) is 17.4. The lowest BCUT2D eigenvalue weighted by Gasteiger charge is -2.14. The topological polar surface area (TPSA) is 62.6 Å². The Morgan fingerprint density at radius 2 is 1.67 bits per heavy atom. The van der Waals surface area contributed by atoms with Crippen molar-refractivity contribution in [3.8, 4) is 0 Å². The van der Waals surface area contributed by atoms with Crippen molar-refractivity contribution >= 4 is 33.4 Å². The van der Waals surface area contributed by atoms with Crippen LogP contribution >= 0.6 is 15.9 Å². The number of hydrogen-bond donors (Lipinski definition) is 3. The van der Waals surface area contributed by atoms with E-state index in [1.54, 1.807) is 6.07 Å². The lowest BCUT2D eigenvalue weighted by molar-refractivity contribution is -0.885. The summed E-state index contributed by atoms with van der Waals surface area (Å²) in [6, 6.07) is 17.3. The van der Waals surface area contributed by atoms with Crippen molar-refractivity contribution in [2.75, 3.05) is 25.5 Å². The van der Waals surface area contributed by atoms with Gasteiger partial charge in [-0.25, -0.2) is 0 Å². The molecule has 0 fully saturated rings. The summed E-state index contributed by atoms with van der Waals surface area (Å²) in [5.74, 6) is -0.401. The standard InChI is InChI=1S/C18H20BrN3O2/c1-22(12-14-7-3-2-4-8-14)13-18(24)20-11-17(23)21-16-10-6-5-9-15(16)19/h2-10H,11-13H2,1H3,(H,20,24)(H,21,23)/p+1. The van der Waals surface area contributed by atoms with Gasteiger partial charge in [-0.3, -0.25) is 9.59 Å². The fourth-order valence-corrected chi connectivity index (χ4v) is 2.66. The van der Waals surface area contributed by atoms with Gasteiger partial charge >= 0.3 is 0 Å². The van der Waals surface area contributed by atoms with Crippen LogP contribution in [0.25, 0.3) is 0 Å². The molecule has 0 bridgehead atoms. The van der Waals surface area contributed by atoms with Crippen molar-refractivity contribution in [2.24, 2.45) is 0 Å². The normalized spacial score (nSPS) is 11.6. The molecule has 3 N–H and O–H groups in total. The predicted molar refractivity (Wildman–Crippen MR) is 97.7 cm³/mol. The van der Waals surface area contributed by atoms with E-state index in [-0.39, 0.29) is 18.4 Å². The van der Waals surface area contributed by atoms with Crippen LogP contribution in [0, 0.1) is 0 Å². The first kappa shape index (κ1) is 18.2. The molecule has 0 radical (unpaired) electrons. The average molecular weight is 391 g/mol. The number of anilines is 1. The van der Waals surface area contributed by atoms with Crippen molar-refractivity contribution < 1.29 is 14.5 Å². The van der Waals surface area contributed by atoms with Crippen molar-refractivity contribution in [3.63, 3.8) is 0 Å². The summed E-state index contributed by atoms with van der Waals surface area (Å²) in [6.45, 7) is 1.04. The van der Waals surface area contributed by atoms with Crippen LogP contribution in [0.4, 0.5) is 5.69 Å². The van der Waals surface area contributed by atoms with Gasteiger partial charge < -0.3 is 15.5 Å². The van der Waals surface area contributed by atoms with Gasteiger partial charge in [0, 0.05) is 10.0 Å². The molecule has 0 saturated carbocycles. The van der Waals surface area contributed by atoms with Gasteiger partial charge in [0.1, 0.15) is 6.54 Å². The van der Waals surface area contributed by atoms with E-state index in [9.17, 15) is 9.59 Å². The molecule has 2 amide bonds. The van der Waals surface area contributed by atoms with Crippen molar-refractivity contribution in [3.05, 3.63) is 64.6 Å². The van der Waals surface area contributed by atoms with E-state index < -0.39 is 0 Å². The smallest absolute Gasteiger partial charge is 0.275 e. The van der Waals surface area contributed by atoms with Gasteiger partial charge in [0.05, 0.1) is 19.3 Å². The minimum absolute atomic E-state index is 0.0429. The number of quaternary nitrogens is 1. The summed E-state index contributed by atoms with van der Waals surface area (Å²) >= 11 is 3.36. The molecule has 1 atom stereocenters. The Morgan fingerprint density at radius 3 is 2.38 bits per heavy atom. The number of benzene rings is 2. The molecule has 126 valence electrons. The molecule has 0 aliphatic carbocycles. The second-order valence-electron chi connectivity index (χ2n) is 5.60. The maximum absolute atomic E-state index is 11.9. The zero-order valence-electron chi connectivity index (χ0n) is 13.5. The highest BCUT2D eigenvalue weighted by Gasteiger charge is 2.12. The quantitative estimate of drug-likeness (QED) is 0.665. The number of rotatable bonds is 7. The largest absolute Gasteiger partial charge is 0.342 e. The fraction of sp³-hybridized carbons (Fsp3) is 0.222. The highest BCUT2D eigenvalue weighted by Crippen LogP contribution is 2.20. The van der Waals surface area contributed by atoms with E-state index in [2.05, 4.69) is 26.6 Å². The molecule has 5 nitrogen and oxygen atoms in total. The van der Waals surface area contributed by atoms with Crippen LogP contribution in [0.15, 0.2) is 59.1 Å². The number of nitrogens with one attached hydrogen (secondary N) is 3. The number of carbonyl (C=O) groups is 2. The molecule has 24 heavy (non-hydrogen) atoms. The number of amides is 2. The Kier molecular flexibility index (Phi) is 6.96. The Bertz CT molecular complexity index is 692. The van der Waals surface area contributed by atoms with Gasteiger partial charge in [0.15, 0.2) is 6.54 Å². The fourth-order valence-electron chi connectivity index (χ4n) is 2.28. The van der Waals surface area contributed by atoms with Gasteiger partial charge in [-0.05, 0) is 28.1 Å². The third kappa shape index (κ3) is 6.14. The summed E-state index contributed by atoms with van der Waals surface area (Å²) in [4.78, 5) is 24.9. The molecule has 0 aliphatic rings. The Balaban J connectivity index is 1.72. The molecular formula is C18H21BrN3O2+. The van der Waals surface area contributed by atoms with E-state index in [0.717, 1.165) is 15.9 Å². The first-order valence-corrected chi connectivity index (χ1v) is 8.50. The number of halogens is 1. The lowest BCUT2D eigenvalue weighted by atomic mass is 10.2. The highest BCUT2D eigenvalue weighted by molar-refractivity contribution is 9.10. The SMILES string of the molecule is C[NH+](CC(=O)NCC(=O)Nc1ccccc1Br)Cc1ccccc1. The number of para-hydroxylation sites is 1. The Morgan fingerprint density at radius 1 is 1.00 bits per heavy atom. The van der Waals surface area contributed by atoms with Crippen molar-refractivity contribution in [1.82, 2.24) is 5.32 Å². The van der Waals surface area contributed by atoms with Gasteiger partial charge in [0.2, 0.25) is 5.91 Å². The summed E-state index contributed by atoms with van der Waals surface area (Å²) in [5.41, 5.74) is 1.86. The van der Waals surface area contributed by atoms with Crippen molar-refractivity contribution in [2.45, 2.75) is 6.54 Å². The minimum Gasteiger partial charge on any atom is -0.342 e. The molecule has 2 rings (SSSR count). The van der Waals surface area contributed by atoms with Gasteiger partial charge in [0.25, 0.3) is 5.91 Å². The van der Waals surface area contributed by atoms with Gasteiger partial charge in [-0.2, -0.15) is 0 Å². The molecule has 0 spiro atoms. The molecule has 1 unspecified atom stereocenters. The van der Waals surface area contributed by atoms with E-state index in [0.29, 0.717) is 12.2 Å². The Labute approximate surface area is 150 Å². The first-order chi connectivity index (χ1) is 11.5. The monoisotopic (exact) mass is 390 g/mol. The summed E-state index contributed by atoms with van der Waals surface area (Å²) in [7, 11) is 1.95. The molecule has 0 aliphatic heterocycles. The van der Waals surface area contributed by atoms with E-state index in [1.165, 1.54) is 5.56 Å². The molecule has 0 saturated heterocycles. The zero-order valence-corrected chi connectivity index (χ0v) is 15.1. The van der Waals surface area contributed by atoms with Crippen LogP contribution in [0.1, 0.15) is 5.56 Å². The van der Waals surface area contributed by atoms with Crippen LogP contribution in [0.5, 0.6) is 0 Å². The molecule has 0 heterocycles. The second-order valence-corrected chi connectivity index (χ2v) is 6.46. The highest BCUT2D eigenvalue weighted by atomic mass is 79.9. The third-order valence-electron chi connectivity index (χ3n) is 3.41. The van der Waals surface area contributed by atoms with Crippen LogP contribution in [0.2, 0.25) is 0 Å². The Hall–Kier alpha value is -2.18. The summed E-state index contributed by atoms with van der Waals surface area (Å²) in [6.07, 6.45) is 0. The number of hydrogen-bond acceptors (Lipinski definition) is 2. The van der Waals surface area contributed by atoms with E-state index in [1.807, 2.05) is 55.6 Å². The molecular weight excluding hydrogens is 370 g/mol.